The van der Waals surface area contributed by atoms with Crippen LogP contribution in [0.4, 0.5) is 0 Å². The maximum absolute atomic E-state index is 10.9. The van der Waals surface area contributed by atoms with E-state index in [1.807, 2.05) is 0 Å². The predicted octanol–water partition coefficient (Wildman–Crippen LogP) is 3.71. The van der Waals surface area contributed by atoms with Gasteiger partial charge in [-0.25, -0.2) is 4.79 Å². The monoisotopic (exact) mass is 212 g/mol. The van der Waals surface area contributed by atoms with Gasteiger partial charge in [-0.2, -0.15) is 0 Å². The second-order valence-corrected chi connectivity index (χ2v) is 3.98. The standard InChI is InChI=1S/C13H24O2/c1-4-7-9-12(10-8-5-2)11-15-13(14)6-3/h6,12H,3-5,7-11H2,1-2H3. The first kappa shape index (κ1) is 14.2. The van der Waals surface area contributed by atoms with Gasteiger partial charge in [-0.15, -0.1) is 0 Å². The van der Waals surface area contributed by atoms with Crippen LogP contribution in [0.2, 0.25) is 0 Å². The first-order chi connectivity index (χ1) is 7.24. The largest absolute Gasteiger partial charge is 0.462 e. The van der Waals surface area contributed by atoms with Crippen molar-refractivity contribution in [2.75, 3.05) is 6.61 Å². The molecule has 0 heterocycles. The van der Waals surface area contributed by atoms with Gasteiger partial charge in [0, 0.05) is 6.08 Å². The van der Waals surface area contributed by atoms with Crippen LogP contribution in [-0.4, -0.2) is 12.6 Å². The van der Waals surface area contributed by atoms with Crippen LogP contribution < -0.4 is 0 Å². The molecular weight excluding hydrogens is 188 g/mol. The SMILES string of the molecule is C=CC(=O)OCC(CCCC)CCCC. The van der Waals surface area contributed by atoms with Gasteiger partial charge < -0.3 is 4.74 Å². The molecule has 0 rings (SSSR count). The summed E-state index contributed by atoms with van der Waals surface area (Å²) in [7, 11) is 0. The van der Waals surface area contributed by atoms with Crippen molar-refractivity contribution in [2.24, 2.45) is 5.92 Å². The molecule has 0 bridgehead atoms. The Bertz CT molecular complexity index is 167. The van der Waals surface area contributed by atoms with Gasteiger partial charge in [0.1, 0.15) is 0 Å². The zero-order valence-corrected chi connectivity index (χ0v) is 10.1. The Morgan fingerprint density at radius 1 is 1.27 bits per heavy atom. The van der Waals surface area contributed by atoms with Gasteiger partial charge >= 0.3 is 5.97 Å². The lowest BCUT2D eigenvalue weighted by Gasteiger charge is -2.15. The molecule has 0 aliphatic carbocycles. The van der Waals surface area contributed by atoms with Crippen molar-refractivity contribution in [3.05, 3.63) is 12.7 Å². The predicted molar refractivity (Wildman–Crippen MR) is 63.7 cm³/mol. The van der Waals surface area contributed by atoms with Crippen molar-refractivity contribution < 1.29 is 9.53 Å². The molecule has 0 atom stereocenters. The Morgan fingerprint density at radius 2 is 1.80 bits per heavy atom. The van der Waals surface area contributed by atoms with Crippen molar-refractivity contribution in [1.29, 1.82) is 0 Å². The topological polar surface area (TPSA) is 26.3 Å². The van der Waals surface area contributed by atoms with Crippen LogP contribution in [0.15, 0.2) is 12.7 Å². The van der Waals surface area contributed by atoms with Gasteiger partial charge in [0.2, 0.25) is 0 Å². The first-order valence-electron chi connectivity index (χ1n) is 6.03. The molecule has 2 nitrogen and oxygen atoms in total. The number of carbonyl (C=O) groups excluding carboxylic acids is 1. The van der Waals surface area contributed by atoms with E-state index in [4.69, 9.17) is 4.74 Å². The Hall–Kier alpha value is -0.790. The summed E-state index contributed by atoms with van der Waals surface area (Å²) >= 11 is 0. The van der Waals surface area contributed by atoms with Gasteiger partial charge in [-0.05, 0) is 18.8 Å². The van der Waals surface area contributed by atoms with Crippen LogP contribution in [0, 0.1) is 5.92 Å². The van der Waals surface area contributed by atoms with E-state index in [9.17, 15) is 4.79 Å². The van der Waals surface area contributed by atoms with Crippen molar-refractivity contribution in [2.45, 2.75) is 52.4 Å². The molecule has 0 aromatic carbocycles. The first-order valence-corrected chi connectivity index (χ1v) is 6.03. The smallest absolute Gasteiger partial charge is 0.330 e. The van der Waals surface area contributed by atoms with Crippen molar-refractivity contribution >= 4 is 5.97 Å². The Balaban J connectivity index is 3.77. The fourth-order valence-electron chi connectivity index (χ4n) is 1.56. The lowest BCUT2D eigenvalue weighted by molar-refractivity contribution is -0.139. The summed E-state index contributed by atoms with van der Waals surface area (Å²) in [4.78, 5) is 10.9. The summed E-state index contributed by atoms with van der Waals surface area (Å²) < 4.78 is 5.09. The molecule has 0 saturated carbocycles. The third-order valence-corrected chi connectivity index (χ3v) is 2.56. The van der Waals surface area contributed by atoms with E-state index in [1.54, 1.807) is 0 Å². The fourth-order valence-corrected chi connectivity index (χ4v) is 1.56. The van der Waals surface area contributed by atoms with Gasteiger partial charge in [0.25, 0.3) is 0 Å². The fraction of sp³-hybridized carbons (Fsp3) is 0.769. The molecule has 0 fully saturated rings. The zero-order chi connectivity index (χ0) is 11.5. The van der Waals surface area contributed by atoms with Gasteiger partial charge in [-0.1, -0.05) is 46.1 Å². The summed E-state index contributed by atoms with van der Waals surface area (Å²) in [6, 6.07) is 0. The number of unbranched alkanes of at least 4 members (excludes halogenated alkanes) is 2. The highest BCUT2D eigenvalue weighted by Gasteiger charge is 2.09. The van der Waals surface area contributed by atoms with Crippen LogP contribution in [0.5, 0.6) is 0 Å². The molecule has 0 aliphatic rings. The Kier molecular flexibility index (Phi) is 9.24. The molecule has 2 heteroatoms. The summed E-state index contributed by atoms with van der Waals surface area (Å²) in [5.74, 6) is 0.238. The average Bonchev–Trinajstić information content (AvgIpc) is 2.27. The van der Waals surface area contributed by atoms with Crippen LogP contribution in [0.25, 0.3) is 0 Å². The lowest BCUT2D eigenvalue weighted by atomic mass is 9.97. The van der Waals surface area contributed by atoms with Crippen LogP contribution in [0.1, 0.15) is 52.4 Å². The average molecular weight is 212 g/mol. The maximum atomic E-state index is 10.9. The van der Waals surface area contributed by atoms with E-state index in [0.717, 1.165) is 0 Å². The molecule has 0 spiro atoms. The normalized spacial score (nSPS) is 10.3. The highest BCUT2D eigenvalue weighted by molar-refractivity contribution is 5.81. The molecule has 15 heavy (non-hydrogen) atoms. The maximum Gasteiger partial charge on any atom is 0.330 e. The molecule has 0 saturated heterocycles. The molecule has 0 amide bonds. The minimum Gasteiger partial charge on any atom is -0.462 e. The second-order valence-electron chi connectivity index (χ2n) is 3.98. The lowest BCUT2D eigenvalue weighted by Crippen LogP contribution is -2.13. The number of esters is 1. The summed E-state index contributed by atoms with van der Waals surface area (Å²) in [5, 5.41) is 0. The molecule has 0 aromatic heterocycles. The number of hydrogen-bond acceptors (Lipinski definition) is 2. The molecule has 0 aromatic rings. The van der Waals surface area contributed by atoms with Crippen LogP contribution in [-0.2, 0) is 9.53 Å². The minimum atomic E-state index is -0.298. The van der Waals surface area contributed by atoms with Gasteiger partial charge in [0.05, 0.1) is 6.61 Å². The second kappa shape index (κ2) is 9.75. The quantitative estimate of drug-likeness (QED) is 0.430. The van der Waals surface area contributed by atoms with E-state index in [0.29, 0.717) is 12.5 Å². The molecule has 88 valence electrons. The highest BCUT2D eigenvalue weighted by Crippen LogP contribution is 2.16. The summed E-state index contributed by atoms with van der Waals surface area (Å²) in [6.07, 6.45) is 8.43. The van der Waals surface area contributed by atoms with E-state index in [2.05, 4.69) is 20.4 Å². The summed E-state index contributed by atoms with van der Waals surface area (Å²) in [5.41, 5.74) is 0. The molecular formula is C13H24O2. The van der Waals surface area contributed by atoms with E-state index >= 15 is 0 Å². The zero-order valence-electron chi connectivity index (χ0n) is 10.1. The Labute approximate surface area is 93.7 Å². The van der Waals surface area contributed by atoms with E-state index < -0.39 is 0 Å². The highest BCUT2D eigenvalue weighted by atomic mass is 16.5. The van der Waals surface area contributed by atoms with E-state index in [-0.39, 0.29) is 5.97 Å². The third kappa shape index (κ3) is 8.22. The number of carbonyl (C=O) groups is 1. The number of rotatable bonds is 9. The number of ether oxygens (including phenoxy) is 1. The Morgan fingerprint density at radius 3 is 2.20 bits per heavy atom. The molecule has 0 N–H and O–H groups in total. The van der Waals surface area contributed by atoms with Crippen molar-refractivity contribution in [3.8, 4) is 0 Å². The van der Waals surface area contributed by atoms with E-state index in [1.165, 1.54) is 44.6 Å². The summed E-state index contributed by atoms with van der Waals surface area (Å²) in [6.45, 7) is 8.32. The van der Waals surface area contributed by atoms with Gasteiger partial charge in [0.15, 0.2) is 0 Å². The van der Waals surface area contributed by atoms with Crippen molar-refractivity contribution in [3.63, 3.8) is 0 Å². The minimum absolute atomic E-state index is 0.298. The molecule has 0 unspecified atom stereocenters. The molecule has 0 radical (unpaired) electrons. The van der Waals surface area contributed by atoms with Crippen LogP contribution >= 0.6 is 0 Å². The number of hydrogen-bond donors (Lipinski definition) is 0. The van der Waals surface area contributed by atoms with Gasteiger partial charge in [-0.3, -0.25) is 0 Å². The van der Waals surface area contributed by atoms with Crippen LogP contribution in [0.3, 0.4) is 0 Å². The molecule has 0 aliphatic heterocycles. The van der Waals surface area contributed by atoms with Crippen molar-refractivity contribution in [1.82, 2.24) is 0 Å². The third-order valence-electron chi connectivity index (χ3n) is 2.56.